The average molecular weight is 280 g/mol. The minimum absolute atomic E-state index is 0.0000850. The molecule has 1 aromatic heterocycles. The fourth-order valence-electron chi connectivity index (χ4n) is 1.98. The zero-order chi connectivity index (χ0) is 14.4. The van der Waals surface area contributed by atoms with Crippen LogP contribution in [0.5, 0.6) is 0 Å². The lowest BCUT2D eigenvalue weighted by Crippen LogP contribution is -1.91. The van der Waals surface area contributed by atoms with Crippen molar-refractivity contribution >= 4 is 11.0 Å². The van der Waals surface area contributed by atoms with Crippen LogP contribution < -0.4 is 0 Å². The number of rotatable bonds is 1. The molecule has 0 fully saturated rings. The van der Waals surface area contributed by atoms with Crippen molar-refractivity contribution < 1.29 is 17.6 Å². The van der Waals surface area contributed by atoms with Crippen LogP contribution in [0.4, 0.5) is 17.6 Å². The molecule has 3 aromatic rings. The third kappa shape index (κ3) is 1.84. The summed E-state index contributed by atoms with van der Waals surface area (Å²) in [5.74, 6) is -3.63. The van der Waals surface area contributed by atoms with E-state index in [0.717, 1.165) is 12.1 Å². The minimum atomic E-state index is -1.11. The van der Waals surface area contributed by atoms with Gasteiger partial charge in [0.25, 0.3) is 0 Å². The normalized spacial score (nSPS) is 11.2. The smallest absolute Gasteiger partial charge is 0.186 e. The highest BCUT2D eigenvalue weighted by atomic mass is 19.2. The van der Waals surface area contributed by atoms with Crippen LogP contribution in [0.15, 0.2) is 24.3 Å². The molecule has 0 spiro atoms. The Bertz CT molecular complexity index is 824. The van der Waals surface area contributed by atoms with Crippen molar-refractivity contribution in [1.82, 2.24) is 9.97 Å². The predicted octanol–water partition coefficient (Wildman–Crippen LogP) is 4.09. The van der Waals surface area contributed by atoms with Crippen molar-refractivity contribution in [2.24, 2.45) is 0 Å². The average Bonchev–Trinajstić information content (AvgIpc) is 2.83. The third-order valence-electron chi connectivity index (χ3n) is 3.05. The number of imidazole rings is 1. The summed E-state index contributed by atoms with van der Waals surface area (Å²) < 4.78 is 53.6. The molecule has 0 aliphatic carbocycles. The highest BCUT2D eigenvalue weighted by molar-refractivity contribution is 5.80. The Labute approximate surface area is 111 Å². The van der Waals surface area contributed by atoms with Gasteiger partial charge in [-0.15, -0.1) is 0 Å². The van der Waals surface area contributed by atoms with Gasteiger partial charge in [-0.1, -0.05) is 0 Å². The van der Waals surface area contributed by atoms with Crippen molar-refractivity contribution in [2.75, 3.05) is 0 Å². The largest absolute Gasteiger partial charge is 0.338 e. The highest BCUT2D eigenvalue weighted by Crippen LogP contribution is 2.27. The monoisotopic (exact) mass is 280 g/mol. The molecule has 0 amide bonds. The zero-order valence-corrected chi connectivity index (χ0v) is 10.3. The number of aromatic nitrogens is 2. The molecule has 0 aliphatic heterocycles. The predicted molar refractivity (Wildman–Crippen MR) is 66.1 cm³/mol. The van der Waals surface area contributed by atoms with Crippen LogP contribution >= 0.6 is 0 Å². The number of hydrogen-bond donors (Lipinski definition) is 1. The Balaban J connectivity index is 2.25. The molecule has 2 aromatic carbocycles. The number of hydrogen-bond acceptors (Lipinski definition) is 1. The maximum atomic E-state index is 13.8. The van der Waals surface area contributed by atoms with Crippen LogP contribution in [-0.2, 0) is 0 Å². The molecule has 3 rings (SSSR count). The molecule has 0 saturated carbocycles. The number of halogens is 4. The van der Waals surface area contributed by atoms with Gasteiger partial charge >= 0.3 is 0 Å². The Morgan fingerprint density at radius 2 is 1.70 bits per heavy atom. The summed E-state index contributed by atoms with van der Waals surface area (Å²) in [6, 6.07) is 4.25. The first-order valence-electron chi connectivity index (χ1n) is 5.77. The van der Waals surface area contributed by atoms with Crippen LogP contribution in [0.25, 0.3) is 22.4 Å². The molecule has 6 heteroatoms. The maximum absolute atomic E-state index is 13.8. The minimum Gasteiger partial charge on any atom is -0.338 e. The summed E-state index contributed by atoms with van der Waals surface area (Å²) >= 11 is 0. The number of nitrogens with one attached hydrogen (secondary N) is 1. The first-order chi connectivity index (χ1) is 9.47. The van der Waals surface area contributed by atoms with Crippen molar-refractivity contribution in [3.8, 4) is 11.4 Å². The van der Waals surface area contributed by atoms with Crippen LogP contribution in [-0.4, -0.2) is 9.97 Å². The van der Waals surface area contributed by atoms with Crippen LogP contribution in [0.1, 0.15) is 5.56 Å². The molecule has 20 heavy (non-hydrogen) atoms. The van der Waals surface area contributed by atoms with E-state index in [-0.39, 0.29) is 28.0 Å². The van der Waals surface area contributed by atoms with E-state index in [1.54, 1.807) is 0 Å². The zero-order valence-electron chi connectivity index (χ0n) is 10.3. The summed E-state index contributed by atoms with van der Waals surface area (Å²) in [4.78, 5) is 6.53. The molecule has 0 saturated heterocycles. The number of H-pyrrole nitrogens is 1. The fraction of sp³-hybridized carbons (Fsp3) is 0.0714. The summed E-state index contributed by atoms with van der Waals surface area (Å²) in [6.07, 6.45) is 0. The van der Waals surface area contributed by atoms with E-state index in [1.165, 1.54) is 19.1 Å². The fourth-order valence-corrected chi connectivity index (χ4v) is 1.98. The van der Waals surface area contributed by atoms with Crippen LogP contribution in [0.3, 0.4) is 0 Å². The van der Waals surface area contributed by atoms with E-state index < -0.39 is 23.3 Å². The lowest BCUT2D eigenvalue weighted by atomic mass is 10.1. The Kier molecular flexibility index (Phi) is 2.74. The standard InChI is InChI=1S/C14H8F4N2/c1-6-4-7(10(17)5-9(6)16)14-19-11-3-2-8(15)12(18)13(11)20-14/h2-5H,1H3,(H,19,20). The van der Waals surface area contributed by atoms with E-state index in [1.807, 2.05) is 0 Å². The topological polar surface area (TPSA) is 28.7 Å². The molecule has 0 bridgehead atoms. The van der Waals surface area contributed by atoms with E-state index in [4.69, 9.17) is 0 Å². The Morgan fingerprint density at radius 3 is 2.45 bits per heavy atom. The van der Waals surface area contributed by atoms with Gasteiger partial charge in [0.05, 0.1) is 11.1 Å². The number of benzene rings is 2. The summed E-state index contributed by atoms with van der Waals surface area (Å²) in [7, 11) is 0. The number of aryl methyl sites for hydroxylation is 1. The second-order valence-electron chi connectivity index (χ2n) is 4.42. The molecule has 0 unspecified atom stereocenters. The Hall–Kier alpha value is -2.37. The number of nitrogens with zero attached hydrogens (tertiary/aromatic N) is 1. The van der Waals surface area contributed by atoms with Gasteiger partial charge in [-0.3, -0.25) is 0 Å². The first kappa shape index (κ1) is 12.7. The van der Waals surface area contributed by atoms with Crippen LogP contribution in [0, 0.1) is 30.2 Å². The molecular formula is C14H8F4N2. The van der Waals surface area contributed by atoms with Gasteiger partial charge in [0, 0.05) is 6.07 Å². The molecular weight excluding hydrogens is 272 g/mol. The molecule has 0 radical (unpaired) electrons. The van der Waals surface area contributed by atoms with Crippen molar-refractivity contribution in [3.63, 3.8) is 0 Å². The Morgan fingerprint density at radius 1 is 0.950 bits per heavy atom. The molecule has 1 heterocycles. The summed E-state index contributed by atoms with van der Waals surface area (Å²) in [6.45, 7) is 1.47. The van der Waals surface area contributed by atoms with E-state index in [9.17, 15) is 17.6 Å². The van der Waals surface area contributed by atoms with Crippen molar-refractivity contribution in [2.45, 2.75) is 6.92 Å². The van der Waals surface area contributed by atoms with Gasteiger partial charge in [-0.05, 0) is 30.7 Å². The number of fused-ring (bicyclic) bond motifs is 1. The number of aromatic amines is 1. The first-order valence-corrected chi connectivity index (χ1v) is 5.77. The second kappa shape index (κ2) is 4.33. The maximum Gasteiger partial charge on any atom is 0.186 e. The molecule has 2 nitrogen and oxygen atoms in total. The SMILES string of the molecule is Cc1cc(-c2nc3c(F)c(F)ccc3[nH]2)c(F)cc1F. The van der Waals surface area contributed by atoms with Gasteiger partial charge in [-0.2, -0.15) is 0 Å². The second-order valence-corrected chi connectivity index (χ2v) is 4.42. The highest BCUT2D eigenvalue weighted by Gasteiger charge is 2.16. The molecule has 102 valence electrons. The van der Waals surface area contributed by atoms with Gasteiger partial charge in [-0.25, -0.2) is 22.5 Å². The quantitative estimate of drug-likeness (QED) is 0.668. The van der Waals surface area contributed by atoms with E-state index in [2.05, 4.69) is 9.97 Å². The van der Waals surface area contributed by atoms with E-state index in [0.29, 0.717) is 0 Å². The third-order valence-corrected chi connectivity index (χ3v) is 3.05. The lowest BCUT2D eigenvalue weighted by molar-refractivity contribution is 0.515. The lowest BCUT2D eigenvalue weighted by Gasteiger charge is -2.02. The van der Waals surface area contributed by atoms with Gasteiger partial charge in [0.1, 0.15) is 23.0 Å². The van der Waals surface area contributed by atoms with Gasteiger partial charge in [0.2, 0.25) is 0 Å². The van der Waals surface area contributed by atoms with Gasteiger partial charge in [0.15, 0.2) is 11.6 Å². The molecule has 0 aliphatic rings. The molecule has 0 atom stereocenters. The summed E-state index contributed by atoms with van der Waals surface area (Å²) in [5.41, 5.74) is 0.245. The molecule has 1 N–H and O–H groups in total. The van der Waals surface area contributed by atoms with Crippen molar-refractivity contribution in [3.05, 3.63) is 53.1 Å². The van der Waals surface area contributed by atoms with Crippen molar-refractivity contribution in [1.29, 1.82) is 0 Å². The van der Waals surface area contributed by atoms with E-state index >= 15 is 0 Å². The van der Waals surface area contributed by atoms with Gasteiger partial charge < -0.3 is 4.98 Å². The summed E-state index contributed by atoms with van der Waals surface area (Å²) in [5, 5.41) is 0. The van der Waals surface area contributed by atoms with Crippen LogP contribution in [0.2, 0.25) is 0 Å².